The molecular weight excluding hydrogens is 564 g/mol. The van der Waals surface area contributed by atoms with Gasteiger partial charge < -0.3 is 29.0 Å². The summed E-state index contributed by atoms with van der Waals surface area (Å²) in [7, 11) is 4.08. The number of fused-ring (bicyclic) bond motifs is 1. The van der Waals surface area contributed by atoms with E-state index in [2.05, 4.69) is 15.2 Å². The summed E-state index contributed by atoms with van der Waals surface area (Å²) >= 11 is 5.99. The Morgan fingerprint density at radius 1 is 1.15 bits per heavy atom. The average Bonchev–Trinajstić information content (AvgIpc) is 3.40. The Balaban J connectivity index is 1.82. The van der Waals surface area contributed by atoms with Gasteiger partial charge in [-0.05, 0) is 48.9 Å². The lowest BCUT2D eigenvalue weighted by atomic mass is 10.1. The third-order valence-electron chi connectivity index (χ3n) is 6.19. The Labute approximate surface area is 239 Å². The number of carbonyl (C=O) groups excluding carboxylic acids is 1. The molecule has 0 aliphatic carbocycles. The highest BCUT2D eigenvalue weighted by Crippen LogP contribution is 2.37. The molecule has 1 radical (unpaired) electrons. The minimum atomic E-state index is -4.66. The molecule has 0 saturated heterocycles. The van der Waals surface area contributed by atoms with Gasteiger partial charge in [-0.2, -0.15) is 13.2 Å². The zero-order chi connectivity index (χ0) is 29.7. The van der Waals surface area contributed by atoms with Gasteiger partial charge in [-0.1, -0.05) is 23.7 Å². The van der Waals surface area contributed by atoms with E-state index in [4.69, 9.17) is 25.4 Å². The fourth-order valence-corrected chi connectivity index (χ4v) is 4.30. The van der Waals surface area contributed by atoms with E-state index in [0.717, 1.165) is 11.6 Å². The molecule has 1 amide bonds. The highest BCUT2D eigenvalue weighted by molar-refractivity contribution is 6.30. The van der Waals surface area contributed by atoms with Crippen LogP contribution in [0.4, 0.5) is 13.2 Å². The molecule has 0 aliphatic heterocycles. The van der Waals surface area contributed by atoms with Gasteiger partial charge in [0.2, 0.25) is 5.89 Å². The Bertz CT molecular complexity index is 1520. The number of ether oxygens (including phenoxy) is 1. The Hall–Kier alpha value is -3.65. The first-order valence-electron chi connectivity index (χ1n) is 12.4. The largest absolute Gasteiger partial charge is 0.494 e. The van der Waals surface area contributed by atoms with Gasteiger partial charge >= 0.3 is 13.8 Å². The number of hydrogen-bond acceptors (Lipinski definition) is 8. The van der Waals surface area contributed by atoms with Crippen molar-refractivity contribution in [3.8, 4) is 17.2 Å². The Kier molecular flexibility index (Phi) is 9.54. The number of oxazole rings is 1. The molecule has 0 aliphatic rings. The summed E-state index contributed by atoms with van der Waals surface area (Å²) in [6, 6.07) is 11.4. The third kappa shape index (κ3) is 6.81. The van der Waals surface area contributed by atoms with Gasteiger partial charge in [0.25, 0.3) is 5.91 Å². The van der Waals surface area contributed by atoms with Crippen molar-refractivity contribution in [1.29, 1.82) is 0 Å². The van der Waals surface area contributed by atoms with Gasteiger partial charge in [0.15, 0.2) is 11.5 Å². The van der Waals surface area contributed by atoms with E-state index >= 15 is 0 Å². The zero-order valence-corrected chi connectivity index (χ0v) is 23.1. The second-order valence-electron chi connectivity index (χ2n) is 8.96. The number of nitrogens with one attached hydrogen (secondary N) is 1. The van der Waals surface area contributed by atoms with Crippen LogP contribution in [0.25, 0.3) is 22.4 Å². The van der Waals surface area contributed by atoms with Crippen LogP contribution in [0, 0.1) is 0 Å². The average molecular weight is 590 g/mol. The van der Waals surface area contributed by atoms with Gasteiger partial charge in [-0.15, -0.1) is 0 Å². The molecule has 14 heteroatoms. The maximum atomic E-state index is 13.8. The molecule has 1 atom stereocenters. The summed E-state index contributed by atoms with van der Waals surface area (Å²) in [5, 5.41) is 13.4. The van der Waals surface area contributed by atoms with Crippen LogP contribution >= 0.6 is 11.6 Å². The second-order valence-corrected chi connectivity index (χ2v) is 9.39. The van der Waals surface area contributed by atoms with Crippen molar-refractivity contribution in [2.75, 3.05) is 27.4 Å². The molecule has 2 aromatic carbocycles. The number of methoxy groups -OCH3 is 1. The second kappa shape index (κ2) is 12.9. The number of rotatable bonds is 11. The molecule has 0 unspecified atom stereocenters. The number of amides is 1. The molecule has 4 rings (SSSR count). The van der Waals surface area contributed by atoms with Crippen molar-refractivity contribution in [2.45, 2.75) is 25.7 Å². The number of aliphatic hydroxyl groups is 1. The van der Waals surface area contributed by atoms with E-state index in [9.17, 15) is 23.1 Å². The maximum absolute atomic E-state index is 13.8. The number of halogens is 4. The Morgan fingerprint density at radius 2 is 1.88 bits per heavy atom. The van der Waals surface area contributed by atoms with Crippen LogP contribution in [0.1, 0.15) is 40.5 Å². The van der Waals surface area contributed by atoms with Crippen molar-refractivity contribution in [3.05, 3.63) is 76.3 Å². The number of pyridine rings is 1. The lowest BCUT2D eigenvalue weighted by Gasteiger charge is -2.22. The molecule has 4 aromatic rings. The van der Waals surface area contributed by atoms with Crippen LogP contribution < -0.4 is 9.96 Å². The molecule has 0 bridgehead atoms. The number of benzene rings is 2. The van der Waals surface area contributed by atoms with Crippen molar-refractivity contribution in [1.82, 2.24) is 20.1 Å². The van der Waals surface area contributed by atoms with Gasteiger partial charge in [0, 0.05) is 36.2 Å². The molecule has 9 nitrogen and oxygen atoms in total. The first-order valence-corrected chi connectivity index (χ1v) is 12.8. The van der Waals surface area contributed by atoms with Gasteiger partial charge in [-0.3, -0.25) is 4.79 Å². The predicted molar refractivity (Wildman–Crippen MR) is 146 cm³/mol. The van der Waals surface area contributed by atoms with Crippen LogP contribution in [-0.2, 0) is 17.4 Å². The summed E-state index contributed by atoms with van der Waals surface area (Å²) in [5.41, 5.74) is -0.101. The molecule has 41 heavy (non-hydrogen) atoms. The van der Waals surface area contributed by atoms with Crippen LogP contribution in [0.2, 0.25) is 5.02 Å². The third-order valence-corrected chi connectivity index (χ3v) is 6.44. The number of carbonyl (C=O) groups is 1. The zero-order valence-electron chi connectivity index (χ0n) is 22.3. The highest BCUT2D eigenvalue weighted by atomic mass is 35.5. The molecule has 0 saturated carbocycles. The molecule has 2 aromatic heterocycles. The van der Waals surface area contributed by atoms with Gasteiger partial charge in [0.1, 0.15) is 17.0 Å². The number of aromatic nitrogens is 2. The highest BCUT2D eigenvalue weighted by Gasteiger charge is 2.34. The summed E-state index contributed by atoms with van der Waals surface area (Å²) < 4.78 is 56.5. The SMILES string of the molecule is CO[B]N[C@@H](C)c1oc(-c2ccc(OC)c3nc(C(F)(F)F)ccc23)nc1C(=O)N(CCO)Cc1ccc(Cl)cc1. The van der Waals surface area contributed by atoms with Crippen molar-refractivity contribution < 1.29 is 36.9 Å². The normalized spacial score (nSPS) is 12.4. The van der Waals surface area contributed by atoms with Crippen LogP contribution in [-0.4, -0.2) is 60.9 Å². The number of hydrogen-bond donors (Lipinski definition) is 2. The van der Waals surface area contributed by atoms with E-state index < -0.39 is 23.8 Å². The smallest absolute Gasteiger partial charge is 0.433 e. The molecule has 2 heterocycles. The summed E-state index contributed by atoms with van der Waals surface area (Å²) in [6.07, 6.45) is -4.66. The van der Waals surface area contributed by atoms with Gasteiger partial charge in [0.05, 0.1) is 19.8 Å². The topological polar surface area (TPSA) is 110 Å². The first kappa shape index (κ1) is 30.3. The van der Waals surface area contributed by atoms with E-state index in [1.54, 1.807) is 37.3 Å². The monoisotopic (exact) mass is 589 g/mol. The predicted octanol–water partition coefficient (Wildman–Crippen LogP) is 5.04. The van der Waals surface area contributed by atoms with Crippen LogP contribution in [0.15, 0.2) is 52.9 Å². The summed E-state index contributed by atoms with van der Waals surface area (Å²) in [4.78, 5) is 23.5. The number of nitrogens with zero attached hydrogens (tertiary/aromatic N) is 3. The molecule has 2 N–H and O–H groups in total. The summed E-state index contributed by atoms with van der Waals surface area (Å²) in [6.45, 7) is 1.57. The lowest BCUT2D eigenvalue weighted by Crippen LogP contribution is -2.35. The maximum Gasteiger partial charge on any atom is 0.433 e. The molecular formula is C27H26BClF3N4O5. The fraction of sp³-hybridized carbons (Fsp3) is 0.296. The minimum Gasteiger partial charge on any atom is -0.494 e. The molecule has 215 valence electrons. The summed E-state index contributed by atoms with van der Waals surface area (Å²) in [5.74, 6) is -0.264. The van der Waals surface area contributed by atoms with E-state index in [1.807, 2.05) is 0 Å². The Morgan fingerprint density at radius 3 is 2.51 bits per heavy atom. The van der Waals surface area contributed by atoms with Crippen LogP contribution in [0.3, 0.4) is 0 Å². The van der Waals surface area contributed by atoms with Crippen molar-refractivity contribution in [3.63, 3.8) is 0 Å². The number of aliphatic hydroxyl groups excluding tert-OH is 1. The first-order chi connectivity index (χ1) is 19.6. The van der Waals surface area contributed by atoms with Gasteiger partial charge in [-0.25, -0.2) is 9.97 Å². The fourth-order valence-electron chi connectivity index (χ4n) is 4.17. The van der Waals surface area contributed by atoms with Crippen LogP contribution in [0.5, 0.6) is 5.75 Å². The molecule has 0 fully saturated rings. The minimum absolute atomic E-state index is 0.00467. The van der Waals surface area contributed by atoms with E-state index in [-0.39, 0.29) is 53.7 Å². The molecule has 0 spiro atoms. The number of alkyl halides is 3. The van der Waals surface area contributed by atoms with E-state index in [1.165, 1.54) is 38.9 Å². The lowest BCUT2D eigenvalue weighted by molar-refractivity contribution is -0.140. The quantitative estimate of drug-likeness (QED) is 0.234. The van der Waals surface area contributed by atoms with Crippen molar-refractivity contribution in [2.24, 2.45) is 0 Å². The van der Waals surface area contributed by atoms with E-state index in [0.29, 0.717) is 10.6 Å². The van der Waals surface area contributed by atoms with Crippen molar-refractivity contribution >= 4 is 36.0 Å². The standard InChI is InChI=1S/C27H26BClF3N4O5/c1-15(35-28-40-3)24-23(26(38)36(12-13-37)14-16-4-6-17(29)7-5-16)34-25(41-24)19-8-10-20(39-2)22-18(19)9-11-21(33-22)27(30,31)32/h4-11,15,35,37H,12-14H2,1-3H3/t15-/m0/s1.